The van der Waals surface area contributed by atoms with Gasteiger partial charge in [0.05, 0.1) is 16.8 Å². The van der Waals surface area contributed by atoms with Gasteiger partial charge < -0.3 is 15.5 Å². The number of hydrogen-bond acceptors (Lipinski definition) is 4. The number of nitrogens with one attached hydrogen (secondary N) is 2. The molecule has 0 aliphatic rings. The van der Waals surface area contributed by atoms with Gasteiger partial charge in [-0.25, -0.2) is 4.98 Å². The number of amides is 2. The van der Waals surface area contributed by atoms with E-state index in [-0.39, 0.29) is 16.8 Å². The molecule has 2 aromatic rings. The summed E-state index contributed by atoms with van der Waals surface area (Å²) in [7, 11) is 0. The van der Waals surface area contributed by atoms with Crippen molar-refractivity contribution in [2.75, 3.05) is 29.9 Å². The van der Waals surface area contributed by atoms with E-state index in [1.807, 2.05) is 18.7 Å². The van der Waals surface area contributed by atoms with Crippen LogP contribution in [0.3, 0.4) is 0 Å². The lowest BCUT2D eigenvalue weighted by Gasteiger charge is -2.19. The van der Waals surface area contributed by atoms with Gasteiger partial charge in [-0.05, 0) is 38.1 Å². The van der Waals surface area contributed by atoms with Gasteiger partial charge >= 0.3 is 6.18 Å². The molecule has 9 heteroatoms. The number of para-hydroxylation sites is 1. The van der Waals surface area contributed by atoms with E-state index in [1.54, 1.807) is 23.5 Å². The summed E-state index contributed by atoms with van der Waals surface area (Å²) in [4.78, 5) is 30.8. The lowest BCUT2D eigenvalue weighted by atomic mass is 10.1. The van der Waals surface area contributed by atoms with Crippen LogP contribution in [0.15, 0.2) is 42.6 Å². The first kappa shape index (κ1) is 21.2. The van der Waals surface area contributed by atoms with Crippen molar-refractivity contribution >= 4 is 23.3 Å². The fourth-order valence-corrected chi connectivity index (χ4v) is 2.52. The quantitative estimate of drug-likeness (QED) is 0.754. The SMILES string of the molecule is CCN(CC)c1ccc(C(=O)Nc2ccccc2C(=O)NCC(F)(F)F)cn1. The van der Waals surface area contributed by atoms with Crippen molar-refractivity contribution in [2.45, 2.75) is 20.0 Å². The van der Waals surface area contributed by atoms with Gasteiger partial charge in [0.2, 0.25) is 0 Å². The van der Waals surface area contributed by atoms with Crippen molar-refractivity contribution in [1.82, 2.24) is 10.3 Å². The minimum Gasteiger partial charge on any atom is -0.357 e. The summed E-state index contributed by atoms with van der Waals surface area (Å²) in [5.41, 5.74) is 0.314. The number of anilines is 2. The Bertz CT molecular complexity index is 819. The number of halogens is 3. The lowest BCUT2D eigenvalue weighted by Crippen LogP contribution is -2.34. The third kappa shape index (κ3) is 5.70. The molecular formula is C19H21F3N4O2. The molecule has 2 amide bonds. The maximum Gasteiger partial charge on any atom is 0.405 e. The Balaban J connectivity index is 2.13. The molecule has 150 valence electrons. The molecule has 0 unspecified atom stereocenters. The highest BCUT2D eigenvalue weighted by Crippen LogP contribution is 2.18. The first-order valence-electron chi connectivity index (χ1n) is 8.71. The van der Waals surface area contributed by atoms with Gasteiger partial charge in [0.15, 0.2) is 0 Å². The summed E-state index contributed by atoms with van der Waals surface area (Å²) in [6, 6.07) is 9.16. The number of rotatable bonds is 7. The van der Waals surface area contributed by atoms with Crippen molar-refractivity contribution in [3.05, 3.63) is 53.7 Å². The monoisotopic (exact) mass is 394 g/mol. The molecule has 0 radical (unpaired) electrons. The predicted molar refractivity (Wildman–Crippen MR) is 101 cm³/mol. The van der Waals surface area contributed by atoms with E-state index >= 15 is 0 Å². The van der Waals surface area contributed by atoms with E-state index in [0.29, 0.717) is 0 Å². The Morgan fingerprint density at radius 3 is 2.29 bits per heavy atom. The second-order valence-electron chi connectivity index (χ2n) is 5.87. The fraction of sp³-hybridized carbons (Fsp3) is 0.316. The normalized spacial score (nSPS) is 11.0. The van der Waals surface area contributed by atoms with E-state index in [2.05, 4.69) is 10.3 Å². The van der Waals surface area contributed by atoms with Crippen LogP contribution >= 0.6 is 0 Å². The summed E-state index contributed by atoms with van der Waals surface area (Å²) in [6.07, 6.45) is -3.11. The molecule has 0 saturated carbocycles. The van der Waals surface area contributed by atoms with Gasteiger partial charge in [0.25, 0.3) is 11.8 Å². The van der Waals surface area contributed by atoms with Crippen molar-refractivity contribution in [2.24, 2.45) is 0 Å². The zero-order valence-corrected chi connectivity index (χ0v) is 15.5. The first-order chi connectivity index (χ1) is 13.2. The molecule has 2 rings (SSSR count). The topological polar surface area (TPSA) is 74.3 Å². The van der Waals surface area contributed by atoms with Gasteiger partial charge in [-0.15, -0.1) is 0 Å². The molecule has 28 heavy (non-hydrogen) atoms. The van der Waals surface area contributed by atoms with Gasteiger partial charge in [-0.1, -0.05) is 12.1 Å². The van der Waals surface area contributed by atoms with Crippen LogP contribution in [0, 0.1) is 0 Å². The van der Waals surface area contributed by atoms with Crippen LogP contribution in [0.4, 0.5) is 24.7 Å². The molecule has 0 aliphatic carbocycles. The van der Waals surface area contributed by atoms with Crippen molar-refractivity contribution in [3.63, 3.8) is 0 Å². The summed E-state index contributed by atoms with van der Waals surface area (Å²) in [6.45, 7) is 4.08. The van der Waals surface area contributed by atoms with Crippen LogP contribution in [-0.2, 0) is 0 Å². The van der Waals surface area contributed by atoms with Crippen LogP contribution in [0.5, 0.6) is 0 Å². The summed E-state index contributed by atoms with van der Waals surface area (Å²) < 4.78 is 36.9. The number of hydrogen-bond donors (Lipinski definition) is 2. The molecule has 0 aliphatic heterocycles. The van der Waals surface area contributed by atoms with E-state index in [0.717, 1.165) is 18.9 Å². The highest BCUT2D eigenvalue weighted by atomic mass is 19.4. The number of carbonyl (C=O) groups is 2. The van der Waals surface area contributed by atoms with Crippen LogP contribution in [-0.4, -0.2) is 42.6 Å². The molecule has 1 aromatic heterocycles. The van der Waals surface area contributed by atoms with Gasteiger partial charge in [0, 0.05) is 19.3 Å². The van der Waals surface area contributed by atoms with Gasteiger partial charge in [-0.2, -0.15) is 13.2 Å². The lowest BCUT2D eigenvalue weighted by molar-refractivity contribution is -0.123. The Hall–Kier alpha value is -3.10. The summed E-state index contributed by atoms with van der Waals surface area (Å²) in [5.74, 6) is -0.716. The van der Waals surface area contributed by atoms with E-state index in [1.165, 1.54) is 24.4 Å². The molecule has 1 aromatic carbocycles. The zero-order chi connectivity index (χ0) is 20.7. The molecule has 0 bridgehead atoms. The third-order valence-corrected chi connectivity index (χ3v) is 3.97. The molecule has 2 N–H and O–H groups in total. The maximum absolute atomic E-state index is 12.4. The van der Waals surface area contributed by atoms with E-state index in [4.69, 9.17) is 0 Å². The number of nitrogens with zero attached hydrogens (tertiary/aromatic N) is 2. The Kier molecular flexibility index (Phi) is 6.97. The molecule has 0 spiro atoms. The van der Waals surface area contributed by atoms with Crippen LogP contribution in [0.25, 0.3) is 0 Å². The smallest absolute Gasteiger partial charge is 0.357 e. The number of carbonyl (C=O) groups excluding carboxylic acids is 2. The number of pyridine rings is 1. The van der Waals surface area contributed by atoms with Crippen LogP contribution in [0.2, 0.25) is 0 Å². The average Bonchev–Trinajstić information content (AvgIpc) is 2.67. The molecule has 6 nitrogen and oxygen atoms in total. The summed E-state index contributed by atoms with van der Waals surface area (Å²) in [5, 5.41) is 4.34. The fourth-order valence-electron chi connectivity index (χ4n) is 2.52. The third-order valence-electron chi connectivity index (χ3n) is 3.97. The van der Waals surface area contributed by atoms with Crippen molar-refractivity contribution in [1.29, 1.82) is 0 Å². The molecule has 0 atom stereocenters. The first-order valence-corrected chi connectivity index (χ1v) is 8.71. The highest BCUT2D eigenvalue weighted by Gasteiger charge is 2.28. The van der Waals surface area contributed by atoms with Crippen LogP contribution in [0.1, 0.15) is 34.6 Å². The maximum atomic E-state index is 12.4. The average molecular weight is 394 g/mol. The largest absolute Gasteiger partial charge is 0.405 e. The van der Waals surface area contributed by atoms with Crippen LogP contribution < -0.4 is 15.5 Å². The standard InChI is InChI=1S/C19H21F3N4O2/c1-3-26(4-2)16-10-9-13(11-23-16)17(27)25-15-8-6-5-7-14(15)18(28)24-12-19(20,21)22/h5-11H,3-4,12H2,1-2H3,(H,24,28)(H,25,27). The second kappa shape index (κ2) is 9.20. The second-order valence-corrected chi connectivity index (χ2v) is 5.87. The number of alkyl halides is 3. The molecular weight excluding hydrogens is 373 g/mol. The molecule has 1 heterocycles. The van der Waals surface area contributed by atoms with Crippen molar-refractivity contribution in [3.8, 4) is 0 Å². The van der Waals surface area contributed by atoms with E-state index < -0.39 is 24.5 Å². The molecule has 0 saturated heterocycles. The zero-order valence-electron chi connectivity index (χ0n) is 15.5. The molecule has 0 fully saturated rings. The number of aromatic nitrogens is 1. The predicted octanol–water partition coefficient (Wildman–Crippen LogP) is 3.47. The summed E-state index contributed by atoms with van der Waals surface area (Å²) >= 11 is 0. The van der Waals surface area contributed by atoms with Gasteiger partial charge in [-0.3, -0.25) is 9.59 Å². The Morgan fingerprint density at radius 2 is 1.71 bits per heavy atom. The van der Waals surface area contributed by atoms with Crippen molar-refractivity contribution < 1.29 is 22.8 Å². The Labute approximate surface area is 160 Å². The van der Waals surface area contributed by atoms with Gasteiger partial charge in [0.1, 0.15) is 12.4 Å². The minimum absolute atomic E-state index is 0.0622. The minimum atomic E-state index is -4.52. The number of benzene rings is 1. The Morgan fingerprint density at radius 1 is 1.04 bits per heavy atom. The highest BCUT2D eigenvalue weighted by molar-refractivity contribution is 6.08. The van der Waals surface area contributed by atoms with E-state index in [9.17, 15) is 22.8 Å².